The number of likely N-dealkylation sites (tertiary alicyclic amines) is 1. The number of amides is 1. The second kappa shape index (κ2) is 8.33. The summed E-state index contributed by atoms with van der Waals surface area (Å²) in [5.74, 6) is 1.31. The number of fused-ring (bicyclic) bond motifs is 1. The molecule has 1 aliphatic carbocycles. The van der Waals surface area contributed by atoms with Crippen molar-refractivity contribution in [2.24, 2.45) is 17.8 Å². The van der Waals surface area contributed by atoms with E-state index in [2.05, 4.69) is 0 Å². The molecule has 5 nitrogen and oxygen atoms in total. The molecule has 1 aromatic rings. The van der Waals surface area contributed by atoms with Gasteiger partial charge < -0.3 is 4.90 Å². The number of nitrogens with zero attached hydrogens (tertiary/aromatic N) is 2. The molecule has 0 radical (unpaired) electrons. The molecule has 0 bridgehead atoms. The standard InChI is InChI=1S/C21H29ClN2O3S/c22-19-9-3-4-10-20(19)28(26,27)24-12-5-8-18(15-24)21(25)23-13-11-16-6-1-2-7-17(16)14-23/h3-4,9-10,16-18H,1-2,5-8,11-15H2/t16?,17?,18-/m0/s1. The third-order valence-corrected chi connectivity index (χ3v) is 9.16. The third-order valence-electron chi connectivity index (χ3n) is 6.79. The molecule has 1 saturated carbocycles. The number of carbonyl (C=O) groups excluding carboxylic acids is 1. The Morgan fingerprint density at radius 1 is 0.929 bits per heavy atom. The average Bonchev–Trinajstić information content (AvgIpc) is 2.73. The highest BCUT2D eigenvalue weighted by atomic mass is 35.5. The number of halogens is 1. The highest BCUT2D eigenvalue weighted by molar-refractivity contribution is 7.89. The number of benzene rings is 1. The molecule has 28 heavy (non-hydrogen) atoms. The summed E-state index contributed by atoms with van der Waals surface area (Å²) in [5.41, 5.74) is 0. The van der Waals surface area contributed by atoms with Crippen molar-refractivity contribution in [3.05, 3.63) is 29.3 Å². The van der Waals surface area contributed by atoms with Gasteiger partial charge in [0.05, 0.1) is 10.9 Å². The molecule has 4 rings (SSSR count). The van der Waals surface area contributed by atoms with E-state index in [0.29, 0.717) is 18.9 Å². The zero-order valence-corrected chi connectivity index (χ0v) is 17.8. The van der Waals surface area contributed by atoms with E-state index < -0.39 is 10.0 Å². The Kier molecular flexibility index (Phi) is 6.00. The van der Waals surface area contributed by atoms with Gasteiger partial charge in [0.2, 0.25) is 15.9 Å². The topological polar surface area (TPSA) is 57.7 Å². The molecule has 0 spiro atoms. The van der Waals surface area contributed by atoms with Crippen molar-refractivity contribution in [2.75, 3.05) is 26.2 Å². The summed E-state index contributed by atoms with van der Waals surface area (Å²) in [4.78, 5) is 15.3. The zero-order chi connectivity index (χ0) is 19.7. The Morgan fingerprint density at radius 3 is 2.46 bits per heavy atom. The van der Waals surface area contributed by atoms with Gasteiger partial charge in [-0.25, -0.2) is 8.42 Å². The first-order chi connectivity index (χ1) is 13.5. The van der Waals surface area contributed by atoms with Crippen molar-refractivity contribution < 1.29 is 13.2 Å². The Bertz CT molecular complexity index is 829. The van der Waals surface area contributed by atoms with Gasteiger partial charge in [-0.2, -0.15) is 4.31 Å². The van der Waals surface area contributed by atoms with Crippen LogP contribution in [0.25, 0.3) is 0 Å². The quantitative estimate of drug-likeness (QED) is 0.741. The summed E-state index contributed by atoms with van der Waals surface area (Å²) in [6, 6.07) is 6.53. The molecule has 7 heteroatoms. The molecule has 2 heterocycles. The van der Waals surface area contributed by atoms with Crippen LogP contribution in [0.4, 0.5) is 0 Å². The highest BCUT2D eigenvalue weighted by Gasteiger charge is 2.38. The van der Waals surface area contributed by atoms with Gasteiger partial charge in [-0.05, 0) is 49.7 Å². The Balaban J connectivity index is 1.45. The molecule has 1 aromatic carbocycles. The van der Waals surface area contributed by atoms with E-state index in [0.717, 1.165) is 31.8 Å². The van der Waals surface area contributed by atoms with Crippen molar-refractivity contribution in [3.63, 3.8) is 0 Å². The van der Waals surface area contributed by atoms with Crippen molar-refractivity contribution in [2.45, 2.75) is 49.8 Å². The maximum Gasteiger partial charge on any atom is 0.244 e. The fraction of sp³-hybridized carbons (Fsp3) is 0.667. The summed E-state index contributed by atoms with van der Waals surface area (Å²) < 4.78 is 27.6. The van der Waals surface area contributed by atoms with Gasteiger partial charge in [0.15, 0.2) is 0 Å². The number of sulfonamides is 1. The van der Waals surface area contributed by atoms with Crippen LogP contribution in [0.3, 0.4) is 0 Å². The molecular weight excluding hydrogens is 396 g/mol. The summed E-state index contributed by atoms with van der Waals surface area (Å²) in [6.07, 6.45) is 7.71. The van der Waals surface area contributed by atoms with Crippen LogP contribution >= 0.6 is 11.6 Å². The van der Waals surface area contributed by atoms with Crippen LogP contribution in [0.5, 0.6) is 0 Å². The van der Waals surface area contributed by atoms with E-state index in [1.54, 1.807) is 18.2 Å². The van der Waals surface area contributed by atoms with Gasteiger partial charge >= 0.3 is 0 Å². The Morgan fingerprint density at radius 2 is 1.68 bits per heavy atom. The molecular formula is C21H29ClN2O3S. The van der Waals surface area contributed by atoms with Gasteiger partial charge in [0.25, 0.3) is 0 Å². The fourth-order valence-corrected chi connectivity index (χ4v) is 7.23. The van der Waals surface area contributed by atoms with Gasteiger partial charge in [0.1, 0.15) is 4.90 Å². The van der Waals surface area contributed by atoms with Crippen LogP contribution in [0, 0.1) is 17.8 Å². The molecule has 3 aliphatic rings. The minimum absolute atomic E-state index is 0.132. The molecule has 1 amide bonds. The van der Waals surface area contributed by atoms with Gasteiger partial charge in [-0.15, -0.1) is 0 Å². The van der Waals surface area contributed by atoms with E-state index in [9.17, 15) is 13.2 Å². The average molecular weight is 425 g/mol. The lowest BCUT2D eigenvalue weighted by molar-refractivity contribution is -0.139. The summed E-state index contributed by atoms with van der Waals surface area (Å²) in [5, 5.41) is 0.232. The first-order valence-electron chi connectivity index (χ1n) is 10.5. The Hall–Kier alpha value is -1.11. The minimum Gasteiger partial charge on any atom is -0.342 e. The number of piperidine rings is 2. The Labute approximate surface area is 173 Å². The molecule has 0 N–H and O–H groups in total. The fourth-order valence-electron chi connectivity index (χ4n) is 5.21. The van der Waals surface area contributed by atoms with E-state index in [4.69, 9.17) is 11.6 Å². The van der Waals surface area contributed by atoms with Gasteiger partial charge in [-0.1, -0.05) is 43.0 Å². The maximum absolute atomic E-state index is 13.2. The number of rotatable bonds is 3. The van der Waals surface area contributed by atoms with Crippen molar-refractivity contribution in [1.82, 2.24) is 9.21 Å². The van der Waals surface area contributed by atoms with Crippen LogP contribution in [0.2, 0.25) is 5.02 Å². The molecule has 2 saturated heterocycles. The number of hydrogen-bond acceptors (Lipinski definition) is 3. The van der Waals surface area contributed by atoms with Crippen molar-refractivity contribution in [1.29, 1.82) is 0 Å². The zero-order valence-electron chi connectivity index (χ0n) is 16.2. The normalized spacial score (nSPS) is 29.3. The van der Waals surface area contributed by atoms with Crippen LogP contribution in [0.15, 0.2) is 29.2 Å². The second-order valence-electron chi connectivity index (χ2n) is 8.51. The summed E-state index contributed by atoms with van der Waals surface area (Å²) in [6.45, 7) is 2.39. The lowest BCUT2D eigenvalue weighted by atomic mass is 9.75. The summed E-state index contributed by atoms with van der Waals surface area (Å²) in [7, 11) is -3.68. The first kappa shape index (κ1) is 20.2. The monoisotopic (exact) mass is 424 g/mol. The number of carbonyl (C=O) groups is 1. The van der Waals surface area contributed by atoms with Gasteiger partial charge in [-0.3, -0.25) is 4.79 Å². The predicted molar refractivity (Wildman–Crippen MR) is 110 cm³/mol. The highest BCUT2D eigenvalue weighted by Crippen LogP contribution is 2.37. The SMILES string of the molecule is O=C([C@H]1CCCN(S(=O)(=O)c2ccccc2Cl)C1)N1CCC2CCCCC2C1. The third kappa shape index (κ3) is 3.96. The van der Waals surface area contributed by atoms with Crippen LogP contribution in [-0.2, 0) is 14.8 Å². The van der Waals surface area contributed by atoms with Crippen LogP contribution < -0.4 is 0 Å². The lowest BCUT2D eigenvalue weighted by Crippen LogP contribution is -2.50. The second-order valence-corrected chi connectivity index (χ2v) is 10.8. The molecule has 0 aromatic heterocycles. The van der Waals surface area contributed by atoms with E-state index in [1.165, 1.54) is 36.1 Å². The predicted octanol–water partition coefficient (Wildman–Crippen LogP) is 3.78. The molecule has 154 valence electrons. The van der Waals surface area contributed by atoms with Crippen molar-refractivity contribution >= 4 is 27.5 Å². The maximum atomic E-state index is 13.2. The van der Waals surface area contributed by atoms with Gasteiger partial charge in [0, 0.05) is 26.2 Å². The smallest absolute Gasteiger partial charge is 0.244 e. The van der Waals surface area contributed by atoms with Crippen LogP contribution in [0.1, 0.15) is 44.9 Å². The summed E-state index contributed by atoms with van der Waals surface area (Å²) >= 11 is 6.13. The van der Waals surface area contributed by atoms with E-state index in [-0.39, 0.29) is 28.3 Å². The molecule has 3 atom stereocenters. The molecule has 3 fully saturated rings. The van der Waals surface area contributed by atoms with Crippen LogP contribution in [-0.4, -0.2) is 49.7 Å². The number of hydrogen-bond donors (Lipinski definition) is 0. The largest absolute Gasteiger partial charge is 0.342 e. The van der Waals surface area contributed by atoms with E-state index >= 15 is 0 Å². The van der Waals surface area contributed by atoms with Crippen molar-refractivity contribution in [3.8, 4) is 0 Å². The molecule has 2 aliphatic heterocycles. The van der Waals surface area contributed by atoms with E-state index in [1.807, 2.05) is 4.90 Å². The first-order valence-corrected chi connectivity index (χ1v) is 12.3. The lowest BCUT2D eigenvalue weighted by Gasteiger charge is -2.43. The minimum atomic E-state index is -3.68. The molecule has 2 unspecified atom stereocenters.